The highest BCUT2D eigenvalue weighted by Gasteiger charge is 2.28. The average molecular weight is 420 g/mol. The summed E-state index contributed by atoms with van der Waals surface area (Å²) >= 11 is 13.4. The number of carbonyl (C=O) groups excluding carboxylic acids is 1. The monoisotopic (exact) mass is 419 g/mol. The molecule has 2 aromatic rings. The van der Waals surface area contributed by atoms with Crippen LogP contribution in [0.15, 0.2) is 52.3 Å². The molecule has 0 spiro atoms. The fourth-order valence-corrected chi connectivity index (χ4v) is 4.11. The maximum Gasteiger partial charge on any atom is 0.326 e. The topological polar surface area (TPSA) is 63.7 Å². The van der Waals surface area contributed by atoms with Crippen molar-refractivity contribution in [1.82, 2.24) is 0 Å². The second-order valence-electron chi connectivity index (χ2n) is 4.86. The Morgan fingerprint density at radius 2 is 1.76 bits per heavy atom. The van der Waals surface area contributed by atoms with E-state index in [4.69, 9.17) is 23.2 Å². The van der Waals surface area contributed by atoms with Gasteiger partial charge in [-0.25, -0.2) is 8.42 Å². The highest BCUT2D eigenvalue weighted by Crippen LogP contribution is 2.31. The summed E-state index contributed by atoms with van der Waals surface area (Å²) in [7, 11) is -2.80. The molecule has 0 saturated heterocycles. The zero-order valence-corrected chi connectivity index (χ0v) is 16.5. The largest absolute Gasteiger partial charge is 0.468 e. The van der Waals surface area contributed by atoms with Crippen molar-refractivity contribution in [1.29, 1.82) is 0 Å². The lowest BCUT2D eigenvalue weighted by Crippen LogP contribution is -2.36. The molecule has 9 heteroatoms. The normalized spacial score (nSPS) is 11.2. The molecule has 0 saturated carbocycles. The van der Waals surface area contributed by atoms with Crippen LogP contribution in [0.3, 0.4) is 0 Å². The summed E-state index contributed by atoms with van der Waals surface area (Å²) in [6.45, 7) is -0.485. The molecule has 5 nitrogen and oxygen atoms in total. The minimum Gasteiger partial charge on any atom is -0.468 e. The van der Waals surface area contributed by atoms with E-state index in [0.717, 1.165) is 9.20 Å². The summed E-state index contributed by atoms with van der Waals surface area (Å²) in [5.74, 6) is -0.699. The van der Waals surface area contributed by atoms with E-state index in [1.54, 1.807) is 12.1 Å². The molecule has 2 aromatic carbocycles. The van der Waals surface area contributed by atoms with Crippen LogP contribution in [0.4, 0.5) is 5.69 Å². The molecule has 0 amide bonds. The summed E-state index contributed by atoms with van der Waals surface area (Å²) in [6.07, 6.45) is 1.89. The minimum absolute atomic E-state index is 0.0558. The van der Waals surface area contributed by atoms with Crippen molar-refractivity contribution in [3.05, 3.63) is 52.5 Å². The fraction of sp³-hybridized carbons (Fsp3) is 0.188. The van der Waals surface area contributed by atoms with Gasteiger partial charge in [-0.2, -0.15) is 0 Å². The lowest BCUT2D eigenvalue weighted by Gasteiger charge is -2.23. The van der Waals surface area contributed by atoms with Crippen LogP contribution in [-0.4, -0.2) is 34.3 Å². The quantitative estimate of drug-likeness (QED) is 0.521. The third-order valence-corrected chi connectivity index (χ3v) is 6.61. The van der Waals surface area contributed by atoms with E-state index in [2.05, 4.69) is 4.74 Å². The van der Waals surface area contributed by atoms with E-state index in [1.807, 2.05) is 6.26 Å². The molecule has 0 aliphatic rings. The third-order valence-electron chi connectivity index (χ3n) is 3.34. The van der Waals surface area contributed by atoms with Crippen LogP contribution >= 0.6 is 35.0 Å². The average Bonchev–Trinajstić information content (AvgIpc) is 2.61. The van der Waals surface area contributed by atoms with Crippen LogP contribution in [0.1, 0.15) is 0 Å². The smallest absolute Gasteiger partial charge is 0.326 e. The van der Waals surface area contributed by atoms with Crippen molar-refractivity contribution in [2.75, 3.05) is 24.2 Å². The van der Waals surface area contributed by atoms with Gasteiger partial charge in [-0.3, -0.25) is 9.10 Å². The van der Waals surface area contributed by atoms with Gasteiger partial charge in [-0.1, -0.05) is 23.2 Å². The van der Waals surface area contributed by atoms with Gasteiger partial charge in [0.1, 0.15) is 6.54 Å². The molecule has 0 aromatic heterocycles. The number of hydrogen-bond acceptors (Lipinski definition) is 5. The van der Waals surface area contributed by atoms with E-state index in [-0.39, 0.29) is 20.6 Å². The number of benzene rings is 2. The number of anilines is 1. The van der Waals surface area contributed by atoms with Crippen LogP contribution in [0, 0.1) is 0 Å². The molecular weight excluding hydrogens is 405 g/mol. The van der Waals surface area contributed by atoms with Gasteiger partial charge in [-0.05, 0) is 48.7 Å². The SMILES string of the molecule is COC(=O)CN(c1ccc(Cl)c(Cl)c1)S(=O)(=O)c1ccc(SC)cc1. The Morgan fingerprint density at radius 3 is 2.28 bits per heavy atom. The van der Waals surface area contributed by atoms with Gasteiger partial charge in [-0.15, -0.1) is 11.8 Å². The van der Waals surface area contributed by atoms with Crippen LogP contribution in [0.25, 0.3) is 0 Å². The molecule has 2 rings (SSSR count). The molecule has 0 N–H and O–H groups in total. The van der Waals surface area contributed by atoms with Gasteiger partial charge in [0.05, 0.1) is 27.7 Å². The highest BCUT2D eigenvalue weighted by molar-refractivity contribution is 7.98. The number of halogens is 2. The lowest BCUT2D eigenvalue weighted by molar-refractivity contribution is -0.138. The standard InChI is InChI=1S/C16H15Cl2NO4S2/c1-23-16(20)10-19(11-3-8-14(17)15(18)9-11)25(21,22)13-6-4-12(24-2)5-7-13/h3-9H,10H2,1-2H3. The van der Waals surface area contributed by atoms with Crippen LogP contribution in [0.2, 0.25) is 10.0 Å². The van der Waals surface area contributed by atoms with Crippen molar-refractivity contribution in [2.45, 2.75) is 9.79 Å². The van der Waals surface area contributed by atoms with E-state index < -0.39 is 22.5 Å². The lowest BCUT2D eigenvalue weighted by atomic mass is 10.3. The van der Waals surface area contributed by atoms with Gasteiger partial charge >= 0.3 is 5.97 Å². The number of thioether (sulfide) groups is 1. The number of esters is 1. The number of nitrogens with zero attached hydrogens (tertiary/aromatic N) is 1. The first-order valence-electron chi connectivity index (χ1n) is 6.98. The Balaban J connectivity index is 2.52. The maximum atomic E-state index is 13.0. The van der Waals surface area contributed by atoms with Gasteiger partial charge < -0.3 is 4.74 Å². The number of carbonyl (C=O) groups is 1. The van der Waals surface area contributed by atoms with Crippen molar-refractivity contribution in [3.8, 4) is 0 Å². The zero-order chi connectivity index (χ0) is 18.6. The van der Waals surface area contributed by atoms with Gasteiger partial charge in [0.25, 0.3) is 10.0 Å². The van der Waals surface area contributed by atoms with Gasteiger partial charge in [0, 0.05) is 4.90 Å². The zero-order valence-electron chi connectivity index (χ0n) is 13.4. The summed E-state index contributed by atoms with van der Waals surface area (Å²) in [5.41, 5.74) is 0.216. The molecule has 0 fully saturated rings. The van der Waals surface area contributed by atoms with Crippen molar-refractivity contribution >= 4 is 56.6 Å². The summed E-state index contributed by atoms with van der Waals surface area (Å²) in [6, 6.07) is 10.7. The number of sulfonamides is 1. The number of methoxy groups -OCH3 is 1. The highest BCUT2D eigenvalue weighted by atomic mass is 35.5. The Labute approximate surface area is 160 Å². The predicted molar refractivity (Wildman–Crippen MR) is 101 cm³/mol. The summed E-state index contributed by atoms with van der Waals surface area (Å²) in [5, 5.41) is 0.465. The second kappa shape index (κ2) is 8.31. The number of ether oxygens (including phenoxy) is 1. The molecular formula is C16H15Cl2NO4S2. The molecule has 0 bridgehead atoms. The Hall–Kier alpha value is -1.41. The van der Waals surface area contributed by atoms with Crippen LogP contribution in [-0.2, 0) is 19.6 Å². The first-order chi connectivity index (χ1) is 11.8. The number of hydrogen-bond donors (Lipinski definition) is 0. The van der Waals surface area contributed by atoms with Crippen molar-refractivity contribution in [3.63, 3.8) is 0 Å². The Bertz CT molecular complexity index is 870. The van der Waals surface area contributed by atoms with Crippen molar-refractivity contribution < 1.29 is 17.9 Å². The van der Waals surface area contributed by atoms with E-state index in [9.17, 15) is 13.2 Å². The molecule has 0 atom stereocenters. The van der Waals surface area contributed by atoms with Gasteiger partial charge in [0.15, 0.2) is 0 Å². The third kappa shape index (κ3) is 4.61. The van der Waals surface area contributed by atoms with Crippen LogP contribution in [0.5, 0.6) is 0 Å². The molecule has 134 valence electrons. The second-order valence-corrected chi connectivity index (χ2v) is 8.42. The fourth-order valence-electron chi connectivity index (χ4n) is 2.01. The molecule has 0 aliphatic heterocycles. The summed E-state index contributed by atoms with van der Waals surface area (Å²) in [4.78, 5) is 12.7. The van der Waals surface area contributed by atoms with E-state index in [0.29, 0.717) is 0 Å². The predicted octanol–water partition coefficient (Wildman–Crippen LogP) is 4.08. The Morgan fingerprint density at radius 1 is 1.12 bits per heavy atom. The van der Waals surface area contributed by atoms with E-state index in [1.165, 1.54) is 49.2 Å². The first kappa shape index (κ1) is 19.9. The van der Waals surface area contributed by atoms with E-state index >= 15 is 0 Å². The Kier molecular flexibility index (Phi) is 6.62. The van der Waals surface area contributed by atoms with Gasteiger partial charge in [0.2, 0.25) is 0 Å². The minimum atomic E-state index is -3.99. The molecule has 0 radical (unpaired) electrons. The molecule has 0 unspecified atom stereocenters. The van der Waals surface area contributed by atoms with Crippen molar-refractivity contribution in [2.24, 2.45) is 0 Å². The van der Waals surface area contributed by atoms with Crippen LogP contribution < -0.4 is 4.31 Å². The molecule has 0 aliphatic carbocycles. The molecule has 0 heterocycles. The number of rotatable bonds is 6. The summed E-state index contributed by atoms with van der Waals surface area (Å²) < 4.78 is 31.6. The maximum absolute atomic E-state index is 13.0. The molecule has 25 heavy (non-hydrogen) atoms. The first-order valence-corrected chi connectivity index (χ1v) is 10.4.